The fraction of sp³-hybridized carbons (Fsp3) is 0.846. The Labute approximate surface area is 113 Å². The van der Waals surface area contributed by atoms with Crippen LogP contribution in [0.5, 0.6) is 0 Å². The average Bonchev–Trinajstić information content (AvgIpc) is 2.43. The number of hydrogen-bond donors (Lipinski definition) is 2. The molecule has 1 saturated carbocycles. The number of hydrogen-bond acceptors (Lipinski definition) is 5. The second-order valence-electron chi connectivity index (χ2n) is 5.50. The van der Waals surface area contributed by atoms with Crippen molar-refractivity contribution in [3.63, 3.8) is 0 Å². The van der Waals surface area contributed by atoms with Crippen molar-refractivity contribution in [2.45, 2.75) is 56.3 Å². The van der Waals surface area contributed by atoms with Gasteiger partial charge in [0.15, 0.2) is 0 Å². The van der Waals surface area contributed by atoms with Crippen molar-refractivity contribution in [2.75, 3.05) is 14.2 Å². The second kappa shape index (κ2) is 5.46. The number of ether oxygens (including phenoxy) is 1. The number of piperazine rings is 1. The highest BCUT2D eigenvalue weighted by Gasteiger charge is 2.50. The zero-order valence-electron chi connectivity index (χ0n) is 11.5. The highest BCUT2D eigenvalue weighted by atomic mass is 16.5. The predicted molar refractivity (Wildman–Crippen MR) is 68.1 cm³/mol. The number of nitrogens with zero attached hydrogens (tertiary/aromatic N) is 1. The fourth-order valence-electron chi connectivity index (χ4n) is 3.15. The Kier molecular flexibility index (Phi) is 4.10. The fourth-order valence-corrected chi connectivity index (χ4v) is 3.15. The average molecular weight is 270 g/mol. The Balaban J connectivity index is 2.17. The molecule has 19 heavy (non-hydrogen) atoms. The van der Waals surface area contributed by atoms with Gasteiger partial charge in [0.2, 0.25) is 5.91 Å². The summed E-state index contributed by atoms with van der Waals surface area (Å²) in [7, 11) is 2.91. The summed E-state index contributed by atoms with van der Waals surface area (Å²) in [5.41, 5.74) is -0.606. The Morgan fingerprint density at radius 3 is 2.68 bits per heavy atom. The summed E-state index contributed by atoms with van der Waals surface area (Å²) in [4.78, 5) is 25.2. The van der Waals surface area contributed by atoms with Gasteiger partial charge in [-0.05, 0) is 12.8 Å². The van der Waals surface area contributed by atoms with Crippen LogP contribution in [0.2, 0.25) is 0 Å². The van der Waals surface area contributed by atoms with Crippen LogP contribution in [0.1, 0.15) is 38.5 Å². The Morgan fingerprint density at radius 1 is 1.47 bits per heavy atom. The van der Waals surface area contributed by atoms with Crippen LogP contribution >= 0.6 is 0 Å². The number of rotatable bonds is 2. The number of carbonyl (C=O) groups excluding carboxylic acids is 2. The molecule has 2 aliphatic rings. The number of carbonyl (C=O) groups is 2. The normalized spacial score (nSPS) is 30.5. The van der Waals surface area contributed by atoms with Crippen molar-refractivity contribution in [2.24, 2.45) is 0 Å². The van der Waals surface area contributed by atoms with Crippen LogP contribution in [0.15, 0.2) is 0 Å². The lowest BCUT2D eigenvalue weighted by atomic mass is 9.78. The third-order valence-corrected chi connectivity index (χ3v) is 4.27. The lowest BCUT2D eigenvalue weighted by molar-refractivity contribution is -0.164. The monoisotopic (exact) mass is 270 g/mol. The van der Waals surface area contributed by atoms with Gasteiger partial charge < -0.3 is 14.7 Å². The third-order valence-electron chi connectivity index (χ3n) is 4.27. The van der Waals surface area contributed by atoms with Gasteiger partial charge in [-0.3, -0.25) is 14.9 Å². The molecule has 0 radical (unpaired) electrons. The smallest absolute Gasteiger partial charge is 0.307 e. The van der Waals surface area contributed by atoms with Crippen LogP contribution in [0.4, 0.5) is 0 Å². The first-order valence-corrected chi connectivity index (χ1v) is 6.80. The molecule has 108 valence electrons. The van der Waals surface area contributed by atoms with Crippen LogP contribution < -0.4 is 5.32 Å². The first-order valence-electron chi connectivity index (χ1n) is 6.80. The summed E-state index contributed by atoms with van der Waals surface area (Å²) in [5, 5.41) is 13.3. The Morgan fingerprint density at radius 2 is 2.11 bits per heavy atom. The predicted octanol–water partition coefficient (Wildman–Crippen LogP) is 0.001000. The van der Waals surface area contributed by atoms with Crippen molar-refractivity contribution >= 4 is 11.9 Å². The standard InChI is InChI=1S/C13H22N2O4/c1-15-11(17)9(8-10(16)19-2)14-13(12(15)18)6-4-3-5-7-13/h9,11,14,17H,3-8H2,1-2H3/t9-,11-/m0/s1. The van der Waals surface area contributed by atoms with Gasteiger partial charge in [0.1, 0.15) is 6.23 Å². The number of nitrogens with one attached hydrogen (secondary N) is 1. The number of methoxy groups -OCH3 is 1. The number of esters is 1. The van der Waals surface area contributed by atoms with Crippen molar-refractivity contribution in [1.29, 1.82) is 0 Å². The molecule has 0 aromatic heterocycles. The molecule has 0 unspecified atom stereocenters. The molecule has 2 atom stereocenters. The summed E-state index contributed by atoms with van der Waals surface area (Å²) >= 11 is 0. The van der Waals surface area contributed by atoms with Crippen molar-refractivity contribution < 1.29 is 19.4 Å². The van der Waals surface area contributed by atoms with Gasteiger partial charge in [0.25, 0.3) is 0 Å². The second-order valence-corrected chi connectivity index (χ2v) is 5.50. The van der Waals surface area contributed by atoms with E-state index < -0.39 is 17.8 Å². The molecule has 2 N–H and O–H groups in total. The molecular weight excluding hydrogens is 248 g/mol. The first-order chi connectivity index (χ1) is 9.00. The number of aliphatic hydroxyl groups excluding tert-OH is 1. The van der Waals surface area contributed by atoms with Gasteiger partial charge >= 0.3 is 5.97 Å². The molecule has 2 fully saturated rings. The highest BCUT2D eigenvalue weighted by molar-refractivity contribution is 5.87. The molecule has 1 heterocycles. The molecule has 6 heteroatoms. The number of aliphatic hydroxyl groups is 1. The van der Waals surface area contributed by atoms with Crippen LogP contribution in [0.25, 0.3) is 0 Å². The van der Waals surface area contributed by atoms with Crippen LogP contribution in [-0.4, -0.2) is 53.8 Å². The van der Waals surface area contributed by atoms with Gasteiger partial charge in [0.05, 0.1) is 25.1 Å². The van der Waals surface area contributed by atoms with E-state index >= 15 is 0 Å². The van der Waals surface area contributed by atoms with E-state index in [1.54, 1.807) is 7.05 Å². The van der Waals surface area contributed by atoms with E-state index in [1.165, 1.54) is 12.0 Å². The van der Waals surface area contributed by atoms with E-state index in [0.717, 1.165) is 32.1 Å². The molecule has 1 spiro atoms. The lowest BCUT2D eigenvalue weighted by Gasteiger charge is -2.49. The minimum Gasteiger partial charge on any atom is -0.469 e. The number of likely N-dealkylation sites (N-methyl/N-ethyl adjacent to an activating group) is 1. The van der Waals surface area contributed by atoms with E-state index in [2.05, 4.69) is 10.1 Å². The zero-order chi connectivity index (χ0) is 14.0. The van der Waals surface area contributed by atoms with Crippen molar-refractivity contribution in [3.05, 3.63) is 0 Å². The molecule has 0 aromatic rings. The topological polar surface area (TPSA) is 78.9 Å². The first kappa shape index (κ1) is 14.3. The maximum atomic E-state index is 12.4. The molecule has 6 nitrogen and oxygen atoms in total. The van der Waals surface area contributed by atoms with E-state index in [-0.39, 0.29) is 18.3 Å². The van der Waals surface area contributed by atoms with E-state index in [0.29, 0.717) is 0 Å². The SMILES string of the molecule is COC(=O)C[C@@H]1NC2(CCCCC2)C(=O)N(C)[C@H]1O. The van der Waals surface area contributed by atoms with E-state index in [9.17, 15) is 14.7 Å². The maximum absolute atomic E-state index is 12.4. The molecule has 1 aliphatic carbocycles. The zero-order valence-corrected chi connectivity index (χ0v) is 11.5. The summed E-state index contributed by atoms with van der Waals surface area (Å²) in [5.74, 6) is -0.453. The number of amides is 1. The largest absolute Gasteiger partial charge is 0.469 e. The summed E-state index contributed by atoms with van der Waals surface area (Å²) in [6.07, 6.45) is 3.73. The third kappa shape index (κ3) is 2.60. The van der Waals surface area contributed by atoms with Gasteiger partial charge in [-0.2, -0.15) is 0 Å². The maximum Gasteiger partial charge on any atom is 0.307 e. The van der Waals surface area contributed by atoms with Gasteiger partial charge in [-0.1, -0.05) is 19.3 Å². The lowest BCUT2D eigenvalue weighted by Crippen LogP contribution is -2.71. The Hall–Kier alpha value is -1.14. The van der Waals surface area contributed by atoms with E-state index in [4.69, 9.17) is 0 Å². The Bertz CT molecular complexity index is 366. The van der Waals surface area contributed by atoms with Crippen LogP contribution in [0, 0.1) is 0 Å². The molecule has 0 aromatic carbocycles. The molecule has 2 rings (SSSR count). The van der Waals surface area contributed by atoms with Crippen LogP contribution in [-0.2, 0) is 14.3 Å². The van der Waals surface area contributed by atoms with Gasteiger partial charge in [0, 0.05) is 7.05 Å². The molecule has 0 bridgehead atoms. The summed E-state index contributed by atoms with van der Waals surface area (Å²) in [6, 6.07) is -0.465. The summed E-state index contributed by atoms with van der Waals surface area (Å²) in [6.45, 7) is 0. The molecule has 1 amide bonds. The van der Waals surface area contributed by atoms with Gasteiger partial charge in [-0.15, -0.1) is 0 Å². The summed E-state index contributed by atoms with van der Waals surface area (Å²) < 4.78 is 4.65. The molecule has 1 aliphatic heterocycles. The van der Waals surface area contributed by atoms with Crippen molar-refractivity contribution in [1.82, 2.24) is 10.2 Å². The highest BCUT2D eigenvalue weighted by Crippen LogP contribution is 2.34. The van der Waals surface area contributed by atoms with Gasteiger partial charge in [-0.25, -0.2) is 0 Å². The minimum atomic E-state index is -0.987. The van der Waals surface area contributed by atoms with Crippen molar-refractivity contribution in [3.8, 4) is 0 Å². The molecular formula is C13H22N2O4. The molecule has 1 saturated heterocycles. The van der Waals surface area contributed by atoms with E-state index in [1.807, 2.05) is 0 Å². The minimum absolute atomic E-state index is 0.0665. The quantitative estimate of drug-likeness (QED) is 0.691. The van der Waals surface area contributed by atoms with Crippen LogP contribution in [0.3, 0.4) is 0 Å².